The number of aromatic nitrogens is 1. The second-order valence-electron chi connectivity index (χ2n) is 6.63. The average Bonchev–Trinajstić information content (AvgIpc) is 2.82. The van der Waals surface area contributed by atoms with Gasteiger partial charge in [0.25, 0.3) is 0 Å². The number of carbonyl (C=O) groups excluding carboxylic acids is 1. The molecule has 1 aromatic heterocycles. The maximum Gasteiger partial charge on any atom is 0.160 e. The molecule has 0 aliphatic rings. The summed E-state index contributed by atoms with van der Waals surface area (Å²) in [5, 5.41) is 0. The molecular formula is C28H34N2O. The van der Waals surface area contributed by atoms with Crippen molar-refractivity contribution in [2.45, 2.75) is 48.0 Å². The second-order valence-corrected chi connectivity index (χ2v) is 6.63. The number of allylic oxidation sites excluding steroid dienone is 2. The van der Waals surface area contributed by atoms with Crippen molar-refractivity contribution in [1.29, 1.82) is 0 Å². The van der Waals surface area contributed by atoms with Crippen LogP contribution in [0, 0.1) is 6.92 Å². The highest BCUT2D eigenvalue weighted by Gasteiger charge is 2.09. The summed E-state index contributed by atoms with van der Waals surface area (Å²) in [5.41, 5.74) is 5.83. The molecule has 0 radical (unpaired) electrons. The zero-order chi connectivity index (χ0) is 23.1. The van der Waals surface area contributed by atoms with Crippen LogP contribution < -0.4 is 0 Å². The number of aryl methyl sites for hydroxylation is 2. The minimum Gasteiger partial charge on any atom is -0.294 e. The number of benzene rings is 2. The Balaban J connectivity index is 0.000000365. The minimum absolute atomic E-state index is 0.0352. The number of ketones is 1. The van der Waals surface area contributed by atoms with Crippen molar-refractivity contribution in [2.24, 2.45) is 4.99 Å². The number of pyridine rings is 1. The molecule has 3 aromatic rings. The molecule has 1 heterocycles. The summed E-state index contributed by atoms with van der Waals surface area (Å²) in [6, 6.07) is 21.9. The molecule has 0 saturated heterocycles. The molecule has 3 rings (SSSR count). The standard InChI is InChI=1S/C17H16N2O.C9H12.C2H6/c1-3-15(13(2)20)16-9-4-5-10-17(16)19-12-14-8-6-7-11-18-14;1-3-9-6-4-8(2)5-7-9;1-2/h3-12H,1-2H3;4-7H,3H2,1-2H3;1-2H3/b15-3-,19-12?;;. The molecule has 3 heteroatoms. The van der Waals surface area contributed by atoms with Gasteiger partial charge in [0.05, 0.1) is 17.6 Å². The van der Waals surface area contributed by atoms with Crippen molar-refractivity contribution in [2.75, 3.05) is 0 Å². The van der Waals surface area contributed by atoms with E-state index in [2.05, 4.69) is 48.1 Å². The monoisotopic (exact) mass is 414 g/mol. The third-order valence-corrected chi connectivity index (χ3v) is 4.41. The fraction of sp³-hybridized carbons (Fsp3) is 0.250. The normalized spacial score (nSPS) is 10.6. The highest BCUT2D eigenvalue weighted by atomic mass is 16.1. The molecule has 0 aliphatic heterocycles. The van der Waals surface area contributed by atoms with Gasteiger partial charge in [-0.1, -0.05) is 80.9 Å². The number of hydrogen-bond donors (Lipinski definition) is 0. The van der Waals surface area contributed by atoms with E-state index in [-0.39, 0.29) is 5.78 Å². The van der Waals surface area contributed by atoms with Crippen molar-refractivity contribution in [3.05, 3.63) is 101 Å². The summed E-state index contributed by atoms with van der Waals surface area (Å²) in [7, 11) is 0. The van der Waals surface area contributed by atoms with Crippen LogP contribution in [0.3, 0.4) is 0 Å². The van der Waals surface area contributed by atoms with E-state index in [4.69, 9.17) is 0 Å². The molecule has 162 valence electrons. The summed E-state index contributed by atoms with van der Waals surface area (Å²) < 4.78 is 0. The molecule has 0 N–H and O–H groups in total. The summed E-state index contributed by atoms with van der Waals surface area (Å²) in [6.07, 6.45) is 6.38. The van der Waals surface area contributed by atoms with E-state index in [1.807, 2.05) is 69.3 Å². The summed E-state index contributed by atoms with van der Waals surface area (Å²) in [4.78, 5) is 20.3. The second kappa shape index (κ2) is 14.6. The largest absolute Gasteiger partial charge is 0.294 e. The Kier molecular flexibility index (Phi) is 12.1. The van der Waals surface area contributed by atoms with Gasteiger partial charge in [-0.25, -0.2) is 0 Å². The summed E-state index contributed by atoms with van der Waals surface area (Å²) in [6.45, 7) is 11.7. The van der Waals surface area contributed by atoms with Gasteiger partial charge in [-0.05, 0) is 51.0 Å². The Morgan fingerprint density at radius 2 is 1.61 bits per heavy atom. The molecule has 2 aromatic carbocycles. The van der Waals surface area contributed by atoms with Crippen LogP contribution in [0.1, 0.15) is 57.0 Å². The van der Waals surface area contributed by atoms with Crippen molar-refractivity contribution in [3.63, 3.8) is 0 Å². The maximum atomic E-state index is 11.7. The third kappa shape index (κ3) is 8.91. The first-order valence-electron chi connectivity index (χ1n) is 10.8. The van der Waals surface area contributed by atoms with Crippen LogP contribution in [0.5, 0.6) is 0 Å². The van der Waals surface area contributed by atoms with Crippen LogP contribution in [-0.4, -0.2) is 17.0 Å². The molecule has 31 heavy (non-hydrogen) atoms. The zero-order valence-corrected chi connectivity index (χ0v) is 19.6. The average molecular weight is 415 g/mol. The van der Waals surface area contributed by atoms with E-state index >= 15 is 0 Å². The summed E-state index contributed by atoms with van der Waals surface area (Å²) >= 11 is 0. The smallest absolute Gasteiger partial charge is 0.160 e. The van der Waals surface area contributed by atoms with Gasteiger partial charge in [-0.2, -0.15) is 0 Å². The lowest BCUT2D eigenvalue weighted by molar-refractivity contribution is -0.111. The number of nitrogens with zero attached hydrogens (tertiary/aromatic N) is 2. The number of Topliss-reactive ketones (excluding diaryl/α,β-unsaturated/α-hetero) is 1. The maximum absolute atomic E-state index is 11.7. The van der Waals surface area contributed by atoms with Gasteiger partial charge in [-0.15, -0.1) is 0 Å². The molecule has 0 unspecified atom stereocenters. The molecule has 0 spiro atoms. The number of hydrogen-bond acceptors (Lipinski definition) is 3. The molecule has 0 bridgehead atoms. The number of carbonyl (C=O) groups is 1. The Bertz CT molecular complexity index is 971. The fourth-order valence-corrected chi connectivity index (χ4v) is 2.77. The van der Waals surface area contributed by atoms with Crippen molar-refractivity contribution in [1.82, 2.24) is 4.98 Å². The van der Waals surface area contributed by atoms with Crippen LogP contribution >= 0.6 is 0 Å². The Morgan fingerprint density at radius 3 is 2.16 bits per heavy atom. The van der Waals surface area contributed by atoms with Gasteiger partial charge < -0.3 is 0 Å². The Labute approximate surface area is 187 Å². The van der Waals surface area contributed by atoms with Gasteiger partial charge in [0.1, 0.15) is 0 Å². The van der Waals surface area contributed by atoms with E-state index in [1.165, 1.54) is 11.1 Å². The lowest BCUT2D eigenvalue weighted by atomic mass is 10.0. The first-order chi connectivity index (χ1) is 15.0. The van der Waals surface area contributed by atoms with Gasteiger partial charge in [0.15, 0.2) is 5.78 Å². The van der Waals surface area contributed by atoms with Crippen LogP contribution in [0.25, 0.3) is 5.57 Å². The zero-order valence-electron chi connectivity index (χ0n) is 19.6. The lowest BCUT2D eigenvalue weighted by Gasteiger charge is -2.06. The molecule has 0 aliphatic carbocycles. The van der Waals surface area contributed by atoms with Crippen LogP contribution in [0.15, 0.2) is 84.0 Å². The minimum atomic E-state index is 0.0352. The Morgan fingerprint density at radius 1 is 0.968 bits per heavy atom. The molecular weight excluding hydrogens is 380 g/mol. The van der Waals surface area contributed by atoms with Crippen LogP contribution in [0.4, 0.5) is 5.69 Å². The van der Waals surface area contributed by atoms with E-state index < -0.39 is 0 Å². The predicted octanol–water partition coefficient (Wildman–Crippen LogP) is 7.41. The first-order valence-corrected chi connectivity index (χ1v) is 10.8. The van der Waals surface area contributed by atoms with Crippen LogP contribution in [0.2, 0.25) is 0 Å². The molecule has 0 saturated carbocycles. The molecule has 0 amide bonds. The highest BCUT2D eigenvalue weighted by molar-refractivity contribution is 6.20. The van der Waals surface area contributed by atoms with Gasteiger partial charge in [0.2, 0.25) is 0 Å². The topological polar surface area (TPSA) is 42.3 Å². The van der Waals surface area contributed by atoms with E-state index in [0.29, 0.717) is 5.57 Å². The number of rotatable bonds is 5. The van der Waals surface area contributed by atoms with E-state index in [9.17, 15) is 4.79 Å². The quantitative estimate of drug-likeness (QED) is 0.322. The Hall–Kier alpha value is -3.33. The SMILES string of the molecule is C/C=C(/C(C)=O)c1ccccc1N=Cc1ccccn1.CC.CCc1ccc(C)cc1. The molecule has 0 fully saturated rings. The van der Waals surface area contributed by atoms with Crippen molar-refractivity contribution < 1.29 is 4.79 Å². The summed E-state index contributed by atoms with van der Waals surface area (Å²) in [5.74, 6) is 0.0352. The number of para-hydroxylation sites is 1. The molecule has 0 atom stereocenters. The lowest BCUT2D eigenvalue weighted by Crippen LogP contribution is -1.96. The van der Waals surface area contributed by atoms with Crippen molar-refractivity contribution in [3.8, 4) is 0 Å². The van der Waals surface area contributed by atoms with Gasteiger partial charge in [0, 0.05) is 17.3 Å². The third-order valence-electron chi connectivity index (χ3n) is 4.41. The predicted molar refractivity (Wildman–Crippen MR) is 134 cm³/mol. The van der Waals surface area contributed by atoms with E-state index in [0.717, 1.165) is 23.4 Å². The van der Waals surface area contributed by atoms with E-state index in [1.54, 1.807) is 19.3 Å². The highest BCUT2D eigenvalue weighted by Crippen LogP contribution is 2.26. The fourth-order valence-electron chi connectivity index (χ4n) is 2.77. The van der Waals surface area contributed by atoms with Gasteiger partial charge in [-0.3, -0.25) is 14.8 Å². The molecule has 3 nitrogen and oxygen atoms in total. The van der Waals surface area contributed by atoms with Crippen LogP contribution in [-0.2, 0) is 11.2 Å². The van der Waals surface area contributed by atoms with Crippen molar-refractivity contribution >= 4 is 23.3 Å². The number of aliphatic imine (C=N–C) groups is 1. The first kappa shape index (κ1) is 25.7. The van der Waals surface area contributed by atoms with Gasteiger partial charge >= 0.3 is 0 Å².